The van der Waals surface area contributed by atoms with E-state index >= 15 is 0 Å². The highest BCUT2D eigenvalue weighted by atomic mass is 15.4. The molecular weight excluding hydrogens is 182 g/mol. The second-order valence-electron chi connectivity index (χ2n) is 6.30. The van der Waals surface area contributed by atoms with Gasteiger partial charge in [0.25, 0.3) is 0 Å². The van der Waals surface area contributed by atoms with Gasteiger partial charge in [-0.1, -0.05) is 13.8 Å². The lowest BCUT2D eigenvalue weighted by Gasteiger charge is -2.47. The third-order valence-electron chi connectivity index (χ3n) is 5.24. The second kappa shape index (κ2) is 4.45. The summed E-state index contributed by atoms with van der Waals surface area (Å²) in [6.07, 6.45) is 7.36. The molecule has 1 nitrogen and oxygen atoms in total. The number of hydrogen-bond acceptors (Lipinski definition) is 0. The first-order valence-electron chi connectivity index (χ1n) is 7.00. The van der Waals surface area contributed by atoms with E-state index in [2.05, 4.69) is 20.8 Å². The van der Waals surface area contributed by atoms with Crippen LogP contribution in [0.4, 0.5) is 0 Å². The lowest BCUT2D eigenvalue weighted by molar-refractivity contribution is -0.956. The van der Waals surface area contributed by atoms with Crippen molar-refractivity contribution in [1.82, 2.24) is 0 Å². The van der Waals surface area contributed by atoms with Crippen molar-refractivity contribution < 1.29 is 4.48 Å². The Bertz CT molecular complexity index is 205. The third-order valence-corrected chi connectivity index (χ3v) is 5.24. The van der Waals surface area contributed by atoms with Gasteiger partial charge in [-0.3, -0.25) is 0 Å². The molecule has 1 heteroatoms. The number of piperidine rings is 1. The first kappa shape index (κ1) is 11.4. The van der Waals surface area contributed by atoms with E-state index in [-0.39, 0.29) is 0 Å². The molecule has 0 saturated carbocycles. The lowest BCUT2D eigenvalue weighted by Crippen LogP contribution is -2.58. The van der Waals surface area contributed by atoms with Gasteiger partial charge in [0.05, 0.1) is 25.7 Å². The molecule has 15 heavy (non-hydrogen) atoms. The first-order chi connectivity index (χ1) is 7.14. The minimum atomic E-state index is 0.912. The number of nitrogens with zero attached hydrogens (tertiary/aromatic N) is 1. The zero-order valence-electron chi connectivity index (χ0n) is 10.8. The summed E-state index contributed by atoms with van der Waals surface area (Å²) in [4.78, 5) is 0. The summed E-state index contributed by atoms with van der Waals surface area (Å²) in [6.45, 7) is 11.9. The Morgan fingerprint density at radius 2 is 1.53 bits per heavy atom. The summed E-state index contributed by atoms with van der Waals surface area (Å²) in [5, 5.41) is 0. The maximum absolute atomic E-state index is 2.52. The maximum Gasteiger partial charge on any atom is 0.0887 e. The predicted octanol–water partition coefficient (Wildman–Crippen LogP) is 3.44. The van der Waals surface area contributed by atoms with Crippen LogP contribution in [0.5, 0.6) is 0 Å². The quantitative estimate of drug-likeness (QED) is 0.537. The van der Waals surface area contributed by atoms with Crippen LogP contribution in [0.1, 0.15) is 52.9 Å². The van der Waals surface area contributed by atoms with Gasteiger partial charge in [-0.15, -0.1) is 0 Å². The van der Waals surface area contributed by atoms with Gasteiger partial charge in [-0.05, 0) is 44.9 Å². The molecule has 2 saturated heterocycles. The lowest BCUT2D eigenvalue weighted by atomic mass is 9.91. The number of rotatable bonds is 0. The van der Waals surface area contributed by atoms with Crippen molar-refractivity contribution in [3.05, 3.63) is 0 Å². The molecule has 0 aliphatic carbocycles. The highest BCUT2D eigenvalue weighted by Crippen LogP contribution is 2.34. The molecule has 0 bridgehead atoms. The molecule has 0 aromatic carbocycles. The summed E-state index contributed by atoms with van der Waals surface area (Å²) < 4.78 is 1.46. The van der Waals surface area contributed by atoms with Gasteiger partial charge in [0.2, 0.25) is 0 Å². The van der Waals surface area contributed by atoms with Gasteiger partial charge in [0.1, 0.15) is 0 Å². The minimum Gasteiger partial charge on any atom is -0.321 e. The van der Waals surface area contributed by atoms with Crippen molar-refractivity contribution in [2.45, 2.75) is 58.9 Å². The Morgan fingerprint density at radius 3 is 2.20 bits per heavy atom. The molecule has 2 fully saturated rings. The number of hydrogen-bond donors (Lipinski definition) is 0. The van der Waals surface area contributed by atoms with Crippen LogP contribution in [0, 0.1) is 11.8 Å². The van der Waals surface area contributed by atoms with Crippen LogP contribution in [0.15, 0.2) is 0 Å². The van der Waals surface area contributed by atoms with Crippen LogP contribution in [-0.4, -0.2) is 30.2 Å². The van der Waals surface area contributed by atoms with Gasteiger partial charge in [0, 0.05) is 5.92 Å². The van der Waals surface area contributed by atoms with Crippen molar-refractivity contribution in [2.75, 3.05) is 19.6 Å². The van der Waals surface area contributed by atoms with E-state index in [0.717, 1.165) is 17.9 Å². The predicted molar refractivity (Wildman–Crippen MR) is 65.7 cm³/mol. The summed E-state index contributed by atoms with van der Waals surface area (Å²) in [5.41, 5.74) is 0. The number of quaternary nitrogens is 1. The molecule has 3 atom stereocenters. The van der Waals surface area contributed by atoms with Gasteiger partial charge >= 0.3 is 0 Å². The fourth-order valence-electron chi connectivity index (χ4n) is 3.94. The molecule has 3 unspecified atom stereocenters. The monoisotopic (exact) mass is 210 g/mol. The Kier molecular flexibility index (Phi) is 3.39. The van der Waals surface area contributed by atoms with Gasteiger partial charge in [-0.25, -0.2) is 0 Å². The Morgan fingerprint density at radius 1 is 0.867 bits per heavy atom. The van der Waals surface area contributed by atoms with E-state index in [1.807, 2.05) is 0 Å². The SMILES string of the molecule is CC1CC[N+]2(CCCCC2)C(C)C(C)C1. The molecule has 0 aromatic heterocycles. The molecule has 0 N–H and O–H groups in total. The largest absolute Gasteiger partial charge is 0.321 e. The van der Waals surface area contributed by atoms with E-state index in [1.165, 1.54) is 56.2 Å². The van der Waals surface area contributed by atoms with Crippen LogP contribution in [0.25, 0.3) is 0 Å². The first-order valence-corrected chi connectivity index (χ1v) is 7.00. The minimum absolute atomic E-state index is 0.912. The maximum atomic E-state index is 2.52. The molecule has 0 aromatic rings. The van der Waals surface area contributed by atoms with Crippen LogP contribution >= 0.6 is 0 Å². The van der Waals surface area contributed by atoms with E-state index in [9.17, 15) is 0 Å². The van der Waals surface area contributed by atoms with Crippen molar-refractivity contribution in [2.24, 2.45) is 11.8 Å². The highest BCUT2D eigenvalue weighted by Gasteiger charge is 2.40. The smallest absolute Gasteiger partial charge is 0.0887 e. The van der Waals surface area contributed by atoms with E-state index in [1.54, 1.807) is 0 Å². The summed E-state index contributed by atoms with van der Waals surface area (Å²) in [5.74, 6) is 1.89. The second-order valence-corrected chi connectivity index (χ2v) is 6.30. The zero-order valence-corrected chi connectivity index (χ0v) is 10.8. The fourth-order valence-corrected chi connectivity index (χ4v) is 3.94. The van der Waals surface area contributed by atoms with Gasteiger partial charge in [-0.2, -0.15) is 0 Å². The Labute approximate surface area is 95.4 Å². The molecule has 88 valence electrons. The Hall–Kier alpha value is -0.0400. The van der Waals surface area contributed by atoms with E-state index < -0.39 is 0 Å². The average molecular weight is 210 g/mol. The van der Waals surface area contributed by atoms with Crippen LogP contribution in [0.3, 0.4) is 0 Å². The van der Waals surface area contributed by atoms with Crippen molar-refractivity contribution in [3.63, 3.8) is 0 Å². The van der Waals surface area contributed by atoms with Crippen LogP contribution in [0.2, 0.25) is 0 Å². The molecule has 2 heterocycles. The third kappa shape index (κ3) is 2.22. The topological polar surface area (TPSA) is 0 Å². The molecule has 0 amide bonds. The molecule has 1 spiro atoms. The van der Waals surface area contributed by atoms with Crippen molar-refractivity contribution >= 4 is 0 Å². The van der Waals surface area contributed by atoms with E-state index in [0.29, 0.717) is 0 Å². The molecule has 0 radical (unpaired) electrons. The molecule has 2 aliphatic rings. The van der Waals surface area contributed by atoms with Gasteiger partial charge < -0.3 is 4.48 Å². The average Bonchev–Trinajstić information content (AvgIpc) is 2.34. The normalized spacial score (nSPS) is 41.4. The zero-order chi connectivity index (χ0) is 10.9. The fraction of sp³-hybridized carbons (Fsp3) is 1.00. The Balaban J connectivity index is 2.13. The highest BCUT2D eigenvalue weighted by molar-refractivity contribution is 4.73. The molecular formula is C14H28N+. The summed E-state index contributed by atoms with van der Waals surface area (Å²) in [7, 11) is 0. The van der Waals surface area contributed by atoms with Crippen LogP contribution in [-0.2, 0) is 0 Å². The van der Waals surface area contributed by atoms with Crippen molar-refractivity contribution in [1.29, 1.82) is 0 Å². The molecule has 2 rings (SSSR count). The standard InChI is InChI=1S/C14H28N/c1-12-7-10-15(8-5-4-6-9-15)14(3)13(2)11-12/h12-14H,4-11H2,1-3H3/q+1. The van der Waals surface area contributed by atoms with Gasteiger partial charge in [0.15, 0.2) is 0 Å². The molecule has 2 aliphatic heterocycles. The van der Waals surface area contributed by atoms with Crippen LogP contribution < -0.4 is 0 Å². The van der Waals surface area contributed by atoms with E-state index in [4.69, 9.17) is 0 Å². The summed E-state index contributed by atoms with van der Waals surface area (Å²) >= 11 is 0. The summed E-state index contributed by atoms with van der Waals surface area (Å²) in [6, 6.07) is 0.912. The van der Waals surface area contributed by atoms with Crippen molar-refractivity contribution in [3.8, 4) is 0 Å².